The van der Waals surface area contributed by atoms with Gasteiger partial charge in [-0.05, 0) is 62.3 Å². The first kappa shape index (κ1) is 41.2. The van der Waals surface area contributed by atoms with E-state index in [2.05, 4.69) is 16.0 Å². The maximum absolute atomic E-state index is 13.9. The number of aromatic nitrogens is 2. The molecule has 296 valence electrons. The number of primary amides is 1. The number of nitrogens with one attached hydrogen (secondary N) is 3. The molecule has 0 atom stereocenters. The molecule has 5 N–H and O–H groups in total. The number of benzene rings is 2. The second kappa shape index (κ2) is 16.0. The number of anilines is 3. The van der Waals surface area contributed by atoms with E-state index in [1.54, 1.807) is 48.4 Å². The number of carbonyl (C=O) groups is 3. The summed E-state index contributed by atoms with van der Waals surface area (Å²) >= 11 is 13.4. The minimum Gasteiger partial charge on any atom is -0.371 e. The van der Waals surface area contributed by atoms with Crippen molar-refractivity contribution in [2.45, 2.75) is 97.2 Å². The van der Waals surface area contributed by atoms with Gasteiger partial charge in [0.15, 0.2) is 0 Å². The fourth-order valence-corrected chi connectivity index (χ4v) is 7.35. The Bertz CT molecular complexity index is 1880. The van der Waals surface area contributed by atoms with Crippen molar-refractivity contribution in [3.05, 3.63) is 45.4 Å². The third-order valence-corrected chi connectivity index (χ3v) is 10.8. The van der Waals surface area contributed by atoms with Crippen LogP contribution in [-0.4, -0.2) is 58.8 Å². The summed E-state index contributed by atoms with van der Waals surface area (Å²) in [4.78, 5) is 44.8. The van der Waals surface area contributed by atoms with E-state index in [0.29, 0.717) is 16.8 Å². The Labute approximate surface area is 318 Å². The van der Waals surface area contributed by atoms with Gasteiger partial charge in [0.05, 0.1) is 49.9 Å². The van der Waals surface area contributed by atoms with Crippen molar-refractivity contribution in [1.29, 1.82) is 0 Å². The van der Waals surface area contributed by atoms with Gasteiger partial charge in [-0.3, -0.25) is 14.4 Å². The Morgan fingerprint density at radius 2 is 1.52 bits per heavy atom. The predicted octanol–water partition coefficient (Wildman–Crippen LogP) is 8.25. The SMILES string of the molecule is CC(C)(C)C(=O)NCc1ccc(Cl)c(Nc2nc3cc(C(=O)NC4CCC(C(F)(F)F)CC4)c(N4CCC(C(F)(F)F)CC4)cc3n2CCC(N)=O)c1Cl. The van der Waals surface area contributed by atoms with Gasteiger partial charge < -0.3 is 31.2 Å². The minimum absolute atomic E-state index is 0.00825. The molecule has 3 aromatic rings. The van der Waals surface area contributed by atoms with Crippen LogP contribution in [-0.2, 0) is 22.7 Å². The lowest BCUT2D eigenvalue weighted by Gasteiger charge is -2.35. The zero-order valence-electron chi connectivity index (χ0n) is 30.0. The van der Waals surface area contributed by atoms with Crippen molar-refractivity contribution < 1.29 is 40.7 Å². The number of rotatable bonds is 10. The first-order chi connectivity index (χ1) is 25.1. The Kier molecular flexibility index (Phi) is 12.3. The second-order valence-corrected chi connectivity index (χ2v) is 15.8. The van der Waals surface area contributed by atoms with Crippen LogP contribution < -0.4 is 26.6 Å². The predicted molar refractivity (Wildman–Crippen MR) is 195 cm³/mol. The Balaban J connectivity index is 1.53. The molecule has 2 fully saturated rings. The van der Waals surface area contributed by atoms with Crippen molar-refractivity contribution in [3.8, 4) is 0 Å². The highest BCUT2D eigenvalue weighted by molar-refractivity contribution is 6.39. The van der Waals surface area contributed by atoms with Crippen LogP contribution in [0.15, 0.2) is 24.3 Å². The van der Waals surface area contributed by atoms with E-state index in [1.165, 1.54) is 6.07 Å². The highest BCUT2D eigenvalue weighted by atomic mass is 35.5. The lowest BCUT2D eigenvalue weighted by atomic mass is 9.85. The van der Waals surface area contributed by atoms with Crippen LogP contribution in [0.3, 0.4) is 0 Å². The summed E-state index contributed by atoms with van der Waals surface area (Å²) in [5.41, 5.74) is 6.70. The molecule has 3 amide bonds. The van der Waals surface area contributed by atoms with E-state index in [1.807, 2.05) is 0 Å². The van der Waals surface area contributed by atoms with Crippen LogP contribution in [0.1, 0.15) is 81.6 Å². The first-order valence-corrected chi connectivity index (χ1v) is 18.4. The standard InChI is InChI=1S/C36H43Cl2F6N7O3/c1-34(2,3)32(54)46-18-19-4-9-24(37)30(29(19)38)49-33-48-25-16-23(31(53)47-22-7-5-20(6-8-22)35(39,40)41)26(17-27(25)51(33)15-12-28(45)52)50-13-10-21(11-14-50)36(42,43)44/h4,9,16-17,20-22H,5-8,10-15,18H2,1-3H3,(H2,45,52)(H,46,54)(H,47,53)(H,48,49). The van der Waals surface area contributed by atoms with Gasteiger partial charge in [-0.15, -0.1) is 0 Å². The molecule has 0 spiro atoms. The van der Waals surface area contributed by atoms with Crippen molar-refractivity contribution in [1.82, 2.24) is 20.2 Å². The van der Waals surface area contributed by atoms with Crippen LogP contribution in [0.5, 0.6) is 0 Å². The monoisotopic (exact) mass is 805 g/mol. The highest BCUT2D eigenvalue weighted by Crippen LogP contribution is 2.41. The molecular formula is C36H43Cl2F6N7O3. The molecule has 0 radical (unpaired) electrons. The fourth-order valence-electron chi connectivity index (χ4n) is 6.82. The van der Waals surface area contributed by atoms with E-state index in [-0.39, 0.29) is 110 Å². The maximum Gasteiger partial charge on any atom is 0.391 e. The summed E-state index contributed by atoms with van der Waals surface area (Å²) in [6, 6.07) is 5.79. The average Bonchev–Trinajstić information content (AvgIpc) is 3.42. The summed E-state index contributed by atoms with van der Waals surface area (Å²) < 4.78 is 82.3. The molecule has 1 aliphatic carbocycles. The second-order valence-electron chi connectivity index (χ2n) is 15.0. The Morgan fingerprint density at radius 3 is 2.09 bits per heavy atom. The molecule has 2 heterocycles. The topological polar surface area (TPSA) is 134 Å². The number of halogens is 8. The van der Waals surface area contributed by atoms with Crippen molar-refractivity contribution in [3.63, 3.8) is 0 Å². The molecule has 0 unspecified atom stereocenters. The molecule has 10 nitrogen and oxygen atoms in total. The molecule has 1 saturated heterocycles. The number of carbonyl (C=O) groups excluding carboxylic acids is 3. The molecule has 18 heteroatoms. The van der Waals surface area contributed by atoms with Crippen LogP contribution in [0.2, 0.25) is 10.0 Å². The summed E-state index contributed by atoms with van der Waals surface area (Å²) in [5.74, 6) is -4.24. The van der Waals surface area contributed by atoms with E-state index in [0.717, 1.165) is 0 Å². The summed E-state index contributed by atoms with van der Waals surface area (Å²) in [6.07, 6.45) is -9.30. The molecule has 2 aliphatic rings. The largest absolute Gasteiger partial charge is 0.391 e. The Morgan fingerprint density at radius 1 is 0.907 bits per heavy atom. The number of fused-ring (bicyclic) bond motifs is 1. The highest BCUT2D eigenvalue weighted by Gasteiger charge is 2.43. The Hall–Kier alpha value is -3.92. The molecule has 54 heavy (non-hydrogen) atoms. The number of alkyl halides is 6. The van der Waals surface area contributed by atoms with Gasteiger partial charge in [0.1, 0.15) is 0 Å². The van der Waals surface area contributed by atoms with Crippen molar-refractivity contribution in [2.75, 3.05) is 23.3 Å². The maximum atomic E-state index is 13.9. The van der Waals surface area contributed by atoms with Gasteiger partial charge in [0.25, 0.3) is 5.91 Å². The molecule has 1 saturated carbocycles. The first-order valence-electron chi connectivity index (χ1n) is 17.7. The molecule has 2 aromatic carbocycles. The fraction of sp³-hybridized carbons (Fsp3) is 0.556. The van der Waals surface area contributed by atoms with Gasteiger partial charge in [0.2, 0.25) is 17.8 Å². The normalized spacial score (nSPS) is 18.8. The number of aryl methyl sites for hydroxylation is 1. The van der Waals surface area contributed by atoms with E-state index in [4.69, 9.17) is 33.9 Å². The van der Waals surface area contributed by atoms with Gasteiger partial charge in [-0.1, -0.05) is 50.0 Å². The summed E-state index contributed by atoms with van der Waals surface area (Å²) in [6.45, 7) is 5.36. The van der Waals surface area contributed by atoms with Crippen molar-refractivity contribution >= 4 is 69.3 Å². The minimum atomic E-state index is -4.38. The quantitative estimate of drug-likeness (QED) is 0.153. The number of hydrogen-bond acceptors (Lipinski definition) is 6. The van der Waals surface area contributed by atoms with E-state index in [9.17, 15) is 40.7 Å². The molecule has 5 rings (SSSR count). The van der Waals surface area contributed by atoms with Crippen molar-refractivity contribution in [2.24, 2.45) is 23.0 Å². The summed E-state index contributed by atoms with van der Waals surface area (Å²) in [5, 5.41) is 9.19. The number of imidazole rings is 1. The smallest absolute Gasteiger partial charge is 0.371 e. The zero-order chi connectivity index (χ0) is 39.7. The van der Waals surface area contributed by atoms with Crippen LogP contribution in [0, 0.1) is 17.3 Å². The lowest BCUT2D eigenvalue weighted by Crippen LogP contribution is -2.42. The van der Waals surface area contributed by atoms with Crippen LogP contribution in [0.25, 0.3) is 11.0 Å². The number of nitrogens with zero attached hydrogens (tertiary/aromatic N) is 3. The summed E-state index contributed by atoms with van der Waals surface area (Å²) in [7, 11) is 0. The molecule has 1 aliphatic heterocycles. The van der Waals surface area contributed by atoms with Gasteiger partial charge in [-0.25, -0.2) is 4.98 Å². The number of amides is 3. The molecular weight excluding hydrogens is 763 g/mol. The van der Waals surface area contributed by atoms with Gasteiger partial charge >= 0.3 is 12.4 Å². The number of piperidine rings is 1. The van der Waals surface area contributed by atoms with E-state index < -0.39 is 47.5 Å². The van der Waals surface area contributed by atoms with Crippen LogP contribution in [0.4, 0.5) is 43.7 Å². The van der Waals surface area contributed by atoms with Crippen LogP contribution >= 0.6 is 23.2 Å². The van der Waals surface area contributed by atoms with Gasteiger partial charge in [0, 0.05) is 44.1 Å². The van der Waals surface area contributed by atoms with Gasteiger partial charge in [-0.2, -0.15) is 26.3 Å². The van der Waals surface area contributed by atoms with E-state index >= 15 is 0 Å². The number of nitrogens with two attached hydrogens (primary N) is 1. The third-order valence-electron chi connectivity index (χ3n) is 10.0. The molecule has 0 bridgehead atoms. The number of hydrogen-bond donors (Lipinski definition) is 4. The third kappa shape index (κ3) is 9.65. The average molecular weight is 807 g/mol. The molecule has 1 aromatic heterocycles. The zero-order valence-corrected chi connectivity index (χ0v) is 31.5. The lowest BCUT2D eigenvalue weighted by molar-refractivity contribution is -0.182.